The molecule has 152 valence electrons. The minimum Gasteiger partial charge on any atom is -0.497 e. The van der Waals surface area contributed by atoms with Gasteiger partial charge in [0, 0.05) is 6.07 Å². The number of carbonyl (C=O) groups is 1. The number of furan rings is 1. The summed E-state index contributed by atoms with van der Waals surface area (Å²) in [7, 11) is 1.62. The second kappa shape index (κ2) is 8.29. The molecule has 0 saturated heterocycles. The number of hydrogen-bond acceptors (Lipinski definition) is 4. The highest BCUT2D eigenvalue weighted by Crippen LogP contribution is 2.25. The van der Waals surface area contributed by atoms with Crippen molar-refractivity contribution in [2.45, 2.75) is 19.9 Å². The number of benzene rings is 2. The van der Waals surface area contributed by atoms with Crippen molar-refractivity contribution in [3.05, 3.63) is 89.8 Å². The van der Waals surface area contributed by atoms with Crippen LogP contribution in [0.3, 0.4) is 0 Å². The molecule has 1 amide bonds. The molecule has 1 unspecified atom stereocenters. The van der Waals surface area contributed by atoms with Crippen molar-refractivity contribution >= 4 is 5.91 Å². The number of nitrogens with zero attached hydrogens (tertiary/aromatic N) is 2. The number of ether oxygens (including phenoxy) is 1. The zero-order chi connectivity index (χ0) is 21.1. The van der Waals surface area contributed by atoms with E-state index in [1.165, 1.54) is 0 Å². The van der Waals surface area contributed by atoms with Crippen LogP contribution in [0.2, 0.25) is 0 Å². The Bertz CT molecular complexity index is 1140. The Kier molecular flexibility index (Phi) is 5.39. The van der Waals surface area contributed by atoms with Gasteiger partial charge < -0.3 is 14.5 Å². The van der Waals surface area contributed by atoms with E-state index in [0.29, 0.717) is 17.1 Å². The predicted molar refractivity (Wildman–Crippen MR) is 115 cm³/mol. The van der Waals surface area contributed by atoms with Gasteiger partial charge in [-0.15, -0.1) is 0 Å². The van der Waals surface area contributed by atoms with Gasteiger partial charge >= 0.3 is 0 Å². The summed E-state index contributed by atoms with van der Waals surface area (Å²) >= 11 is 0. The summed E-state index contributed by atoms with van der Waals surface area (Å²) in [6.07, 6.45) is 0. The molecule has 2 aromatic carbocycles. The lowest BCUT2D eigenvalue weighted by Gasteiger charge is -2.15. The average molecular weight is 401 g/mol. The number of amides is 1. The lowest BCUT2D eigenvalue weighted by Crippen LogP contribution is -2.28. The van der Waals surface area contributed by atoms with Crippen LogP contribution in [0, 0.1) is 6.92 Å². The predicted octanol–water partition coefficient (Wildman–Crippen LogP) is 4.94. The Morgan fingerprint density at radius 3 is 2.43 bits per heavy atom. The van der Waals surface area contributed by atoms with Crippen molar-refractivity contribution in [2.75, 3.05) is 7.11 Å². The maximum Gasteiger partial charge on any atom is 0.270 e. The summed E-state index contributed by atoms with van der Waals surface area (Å²) in [6, 6.07) is 22.6. The van der Waals surface area contributed by atoms with Crippen LogP contribution in [0.25, 0.3) is 17.1 Å². The fourth-order valence-electron chi connectivity index (χ4n) is 3.25. The summed E-state index contributed by atoms with van der Waals surface area (Å²) in [5, 5.41) is 7.70. The van der Waals surface area contributed by atoms with E-state index in [1.54, 1.807) is 17.9 Å². The average Bonchev–Trinajstić information content (AvgIpc) is 3.41. The molecular weight excluding hydrogens is 378 g/mol. The van der Waals surface area contributed by atoms with E-state index in [0.717, 1.165) is 22.8 Å². The molecule has 4 rings (SSSR count). The van der Waals surface area contributed by atoms with E-state index in [2.05, 4.69) is 10.4 Å². The van der Waals surface area contributed by atoms with Crippen molar-refractivity contribution < 1.29 is 13.9 Å². The molecule has 0 bridgehead atoms. The summed E-state index contributed by atoms with van der Waals surface area (Å²) in [4.78, 5) is 13.2. The Labute approximate surface area is 175 Å². The van der Waals surface area contributed by atoms with Gasteiger partial charge in [0.15, 0.2) is 5.76 Å². The zero-order valence-electron chi connectivity index (χ0n) is 17.1. The van der Waals surface area contributed by atoms with Gasteiger partial charge in [-0.3, -0.25) is 4.79 Å². The third-order valence-corrected chi connectivity index (χ3v) is 4.90. The summed E-state index contributed by atoms with van der Waals surface area (Å²) in [5.74, 6) is 1.92. The first-order valence-corrected chi connectivity index (χ1v) is 9.72. The van der Waals surface area contributed by atoms with Gasteiger partial charge in [-0.2, -0.15) is 5.10 Å². The lowest BCUT2D eigenvalue weighted by atomic mass is 10.1. The molecule has 1 atom stereocenters. The quantitative estimate of drug-likeness (QED) is 0.497. The van der Waals surface area contributed by atoms with E-state index < -0.39 is 0 Å². The van der Waals surface area contributed by atoms with Crippen molar-refractivity contribution in [3.8, 4) is 22.9 Å². The highest BCUT2D eigenvalue weighted by molar-refractivity contribution is 5.94. The molecule has 0 aliphatic carbocycles. The van der Waals surface area contributed by atoms with Gasteiger partial charge in [0.05, 0.1) is 18.8 Å². The lowest BCUT2D eigenvalue weighted by molar-refractivity contribution is 0.0932. The number of carbonyl (C=O) groups excluding carboxylic acids is 1. The number of rotatable bonds is 6. The smallest absolute Gasteiger partial charge is 0.270 e. The Morgan fingerprint density at radius 1 is 1.07 bits per heavy atom. The number of nitrogens with one attached hydrogen (secondary N) is 1. The minimum absolute atomic E-state index is 0.146. The first-order valence-electron chi connectivity index (χ1n) is 9.72. The van der Waals surface area contributed by atoms with E-state index in [1.807, 2.05) is 80.6 Å². The normalized spacial score (nSPS) is 11.8. The van der Waals surface area contributed by atoms with Crippen LogP contribution in [-0.2, 0) is 0 Å². The number of aryl methyl sites for hydroxylation is 1. The Balaban J connectivity index is 1.70. The SMILES string of the molecule is COc1ccc(-n2nc(-c3ccc(C)o3)cc2C(=O)NC(C)c2ccccc2)cc1. The van der Waals surface area contributed by atoms with Crippen molar-refractivity contribution in [1.29, 1.82) is 0 Å². The molecule has 6 nitrogen and oxygen atoms in total. The van der Waals surface area contributed by atoms with Crippen LogP contribution < -0.4 is 10.1 Å². The third-order valence-electron chi connectivity index (χ3n) is 4.90. The molecule has 30 heavy (non-hydrogen) atoms. The van der Waals surface area contributed by atoms with Crippen LogP contribution in [0.1, 0.15) is 34.8 Å². The van der Waals surface area contributed by atoms with Crippen molar-refractivity contribution in [2.24, 2.45) is 0 Å². The maximum absolute atomic E-state index is 13.2. The van der Waals surface area contributed by atoms with Crippen molar-refractivity contribution in [3.63, 3.8) is 0 Å². The molecule has 1 N–H and O–H groups in total. The van der Waals surface area contributed by atoms with Gasteiger partial charge in [0.2, 0.25) is 0 Å². The molecule has 2 aromatic heterocycles. The van der Waals surface area contributed by atoms with Gasteiger partial charge in [-0.25, -0.2) is 4.68 Å². The standard InChI is InChI=1S/C24H23N3O3/c1-16-9-14-23(30-16)21-15-22(24(28)25-17(2)18-7-5-4-6-8-18)27(26-21)19-10-12-20(29-3)13-11-19/h4-15,17H,1-3H3,(H,25,28). The third kappa shape index (κ3) is 3.98. The molecule has 2 heterocycles. The molecule has 0 fully saturated rings. The molecule has 6 heteroatoms. The van der Waals surface area contributed by atoms with E-state index >= 15 is 0 Å². The largest absolute Gasteiger partial charge is 0.497 e. The highest BCUT2D eigenvalue weighted by Gasteiger charge is 2.21. The second-order valence-corrected chi connectivity index (χ2v) is 7.04. The van der Waals surface area contributed by atoms with Gasteiger partial charge in [-0.1, -0.05) is 30.3 Å². The van der Waals surface area contributed by atoms with Crippen molar-refractivity contribution in [1.82, 2.24) is 15.1 Å². The summed E-state index contributed by atoms with van der Waals surface area (Å²) in [5.41, 5.74) is 2.80. The first-order chi connectivity index (χ1) is 14.5. The van der Waals surface area contributed by atoms with E-state index in [4.69, 9.17) is 9.15 Å². The van der Waals surface area contributed by atoms with Crippen LogP contribution in [0.5, 0.6) is 5.75 Å². The minimum atomic E-state index is -0.218. The maximum atomic E-state index is 13.2. The summed E-state index contributed by atoms with van der Waals surface area (Å²) in [6.45, 7) is 3.83. The molecule has 0 radical (unpaired) electrons. The molecule has 0 aliphatic heterocycles. The monoisotopic (exact) mass is 401 g/mol. The highest BCUT2D eigenvalue weighted by atomic mass is 16.5. The second-order valence-electron chi connectivity index (χ2n) is 7.04. The van der Waals surface area contributed by atoms with Crippen LogP contribution >= 0.6 is 0 Å². The molecule has 4 aromatic rings. The van der Waals surface area contributed by atoms with Gasteiger partial charge in [-0.05, 0) is 55.8 Å². The van der Waals surface area contributed by atoms with Crippen LogP contribution in [-0.4, -0.2) is 22.8 Å². The fourth-order valence-corrected chi connectivity index (χ4v) is 3.25. The van der Waals surface area contributed by atoms with Gasteiger partial charge in [0.25, 0.3) is 5.91 Å². The molecular formula is C24H23N3O3. The molecule has 0 aliphatic rings. The number of methoxy groups -OCH3 is 1. The summed E-state index contributed by atoms with van der Waals surface area (Å²) < 4.78 is 12.6. The molecule has 0 spiro atoms. The molecule has 0 saturated carbocycles. The van der Waals surface area contributed by atoms with Crippen LogP contribution in [0.15, 0.2) is 77.2 Å². The van der Waals surface area contributed by atoms with Crippen LogP contribution in [0.4, 0.5) is 0 Å². The number of hydrogen-bond donors (Lipinski definition) is 1. The topological polar surface area (TPSA) is 69.3 Å². The van der Waals surface area contributed by atoms with E-state index in [9.17, 15) is 4.79 Å². The van der Waals surface area contributed by atoms with E-state index in [-0.39, 0.29) is 11.9 Å². The van der Waals surface area contributed by atoms with Gasteiger partial charge in [0.1, 0.15) is 22.9 Å². The first kappa shape index (κ1) is 19.5. The number of aromatic nitrogens is 2. The fraction of sp³-hybridized carbons (Fsp3) is 0.167. The Hall–Kier alpha value is -3.80. The zero-order valence-corrected chi connectivity index (χ0v) is 17.1. The Morgan fingerprint density at radius 2 is 1.80 bits per heavy atom.